The molecule has 7 nitrogen and oxygen atoms in total. The molecule has 1 aliphatic carbocycles. The van der Waals surface area contributed by atoms with E-state index < -0.39 is 23.3 Å². The Hall–Kier alpha value is -3.71. The summed E-state index contributed by atoms with van der Waals surface area (Å²) in [5.41, 5.74) is 2.81. The highest BCUT2D eigenvalue weighted by atomic mass is 19.4. The van der Waals surface area contributed by atoms with E-state index in [0.29, 0.717) is 29.6 Å². The minimum atomic E-state index is -4.63. The van der Waals surface area contributed by atoms with Crippen LogP contribution in [0.15, 0.2) is 30.5 Å². The average Bonchev–Trinajstić information content (AvgIpc) is 3.75. The van der Waals surface area contributed by atoms with Crippen LogP contribution in [0.2, 0.25) is 0 Å². The number of anilines is 1. The quantitative estimate of drug-likeness (QED) is 0.455. The first-order chi connectivity index (χ1) is 18.6. The SMILES string of the molecule is Cc1cc2c(N3CCN[C@@H](C)CC3)c(C(=O)N[C@@H](C)c3ccc(C(F)(F)F)c(C#N)c3)cnc2c(C2CC2)n1. The van der Waals surface area contributed by atoms with Crippen LogP contribution >= 0.6 is 0 Å². The standard InChI is InChI=1S/C29H31F3N6O/c1-16-8-10-38(11-9-34-16)27-22-12-17(2)36-25(19-4-5-19)26(22)35-15-23(27)28(39)37-18(3)20-6-7-24(29(30,31)32)21(13-20)14-33/h6-7,12-13,15-16,18-19,34H,4-5,8-11H2,1-3H3,(H,37,39)/t16-,18-/m0/s1. The summed E-state index contributed by atoms with van der Waals surface area (Å²) in [5.74, 6) is 0.00488. The number of nitriles is 1. The predicted molar refractivity (Wildman–Crippen MR) is 143 cm³/mol. The van der Waals surface area contributed by atoms with Gasteiger partial charge in [-0.25, -0.2) is 0 Å². The van der Waals surface area contributed by atoms with E-state index in [1.54, 1.807) is 19.2 Å². The third-order valence-corrected chi connectivity index (χ3v) is 7.53. The van der Waals surface area contributed by atoms with Gasteiger partial charge in [-0.05, 0) is 63.8 Å². The maximum atomic E-state index is 13.7. The van der Waals surface area contributed by atoms with Crippen LogP contribution < -0.4 is 15.5 Å². The Morgan fingerprint density at radius 3 is 2.69 bits per heavy atom. The van der Waals surface area contributed by atoms with Crippen LogP contribution in [0.25, 0.3) is 10.9 Å². The van der Waals surface area contributed by atoms with Gasteiger partial charge in [0.1, 0.15) is 0 Å². The number of benzene rings is 1. The summed E-state index contributed by atoms with van der Waals surface area (Å²) in [7, 11) is 0. The van der Waals surface area contributed by atoms with Crippen LogP contribution in [0.4, 0.5) is 18.9 Å². The van der Waals surface area contributed by atoms with E-state index in [4.69, 9.17) is 9.97 Å². The first kappa shape index (κ1) is 26.9. The van der Waals surface area contributed by atoms with Crippen LogP contribution in [-0.4, -0.2) is 41.6 Å². The number of carbonyl (C=O) groups excluding carboxylic acids is 1. The highest BCUT2D eigenvalue weighted by Crippen LogP contribution is 2.43. The van der Waals surface area contributed by atoms with Crippen molar-refractivity contribution in [1.29, 1.82) is 5.26 Å². The fourth-order valence-electron chi connectivity index (χ4n) is 5.25. The summed E-state index contributed by atoms with van der Waals surface area (Å²) in [5, 5.41) is 16.6. The number of nitrogens with zero attached hydrogens (tertiary/aromatic N) is 4. The molecule has 39 heavy (non-hydrogen) atoms. The molecule has 3 aromatic rings. The highest BCUT2D eigenvalue weighted by molar-refractivity contribution is 6.08. The summed E-state index contributed by atoms with van der Waals surface area (Å²) in [6, 6.07) is 6.70. The van der Waals surface area contributed by atoms with Crippen molar-refractivity contribution in [2.45, 2.75) is 64.2 Å². The molecule has 5 rings (SSSR count). The number of aromatic nitrogens is 2. The summed E-state index contributed by atoms with van der Waals surface area (Å²) in [4.78, 5) is 25.4. The van der Waals surface area contributed by atoms with Gasteiger partial charge >= 0.3 is 6.18 Å². The summed E-state index contributed by atoms with van der Waals surface area (Å²) in [6.07, 6.45) is 0.0191. The minimum Gasteiger partial charge on any atom is -0.369 e. The van der Waals surface area contributed by atoms with Crippen LogP contribution in [0, 0.1) is 18.3 Å². The van der Waals surface area contributed by atoms with E-state index in [1.165, 1.54) is 12.1 Å². The molecule has 1 aliphatic heterocycles. The number of carbonyl (C=O) groups is 1. The maximum absolute atomic E-state index is 13.7. The Kier molecular flexibility index (Phi) is 7.21. The Morgan fingerprint density at radius 2 is 2.00 bits per heavy atom. The molecular formula is C29H31F3N6O. The zero-order valence-electron chi connectivity index (χ0n) is 22.2. The number of amides is 1. The lowest BCUT2D eigenvalue weighted by atomic mass is 10.00. The molecule has 2 fully saturated rings. The van der Waals surface area contributed by atoms with Crippen molar-refractivity contribution in [2.24, 2.45) is 0 Å². The van der Waals surface area contributed by atoms with Gasteiger partial charge in [0, 0.05) is 48.9 Å². The van der Waals surface area contributed by atoms with Crippen molar-refractivity contribution in [2.75, 3.05) is 24.5 Å². The molecule has 2 aliphatic rings. The lowest BCUT2D eigenvalue weighted by Crippen LogP contribution is -2.33. The van der Waals surface area contributed by atoms with Gasteiger partial charge in [0.15, 0.2) is 0 Å². The fraction of sp³-hybridized carbons (Fsp3) is 0.448. The van der Waals surface area contributed by atoms with Gasteiger partial charge in [-0.2, -0.15) is 18.4 Å². The molecule has 10 heteroatoms. The maximum Gasteiger partial charge on any atom is 0.417 e. The zero-order chi connectivity index (χ0) is 27.9. The number of fused-ring (bicyclic) bond motifs is 1. The first-order valence-electron chi connectivity index (χ1n) is 13.3. The van der Waals surface area contributed by atoms with Gasteiger partial charge in [0.25, 0.3) is 5.91 Å². The van der Waals surface area contributed by atoms with Gasteiger partial charge in [-0.3, -0.25) is 14.8 Å². The molecule has 204 valence electrons. The second kappa shape index (κ2) is 10.5. The number of hydrogen-bond donors (Lipinski definition) is 2. The molecule has 0 spiro atoms. The smallest absolute Gasteiger partial charge is 0.369 e. The summed E-state index contributed by atoms with van der Waals surface area (Å²) in [6.45, 7) is 8.02. The molecule has 2 aromatic heterocycles. The molecule has 1 aromatic carbocycles. The third-order valence-electron chi connectivity index (χ3n) is 7.53. The van der Waals surface area contributed by atoms with E-state index in [-0.39, 0.29) is 5.91 Å². The number of hydrogen-bond acceptors (Lipinski definition) is 6. The predicted octanol–water partition coefficient (Wildman–Crippen LogP) is 5.39. The minimum absolute atomic E-state index is 0.347. The van der Waals surface area contributed by atoms with Gasteiger partial charge in [0.05, 0.1) is 45.7 Å². The Labute approximate surface area is 225 Å². The van der Waals surface area contributed by atoms with E-state index in [0.717, 1.165) is 66.4 Å². The molecule has 1 saturated carbocycles. The summed E-state index contributed by atoms with van der Waals surface area (Å²) < 4.78 is 39.8. The molecule has 2 N–H and O–H groups in total. The van der Waals surface area contributed by atoms with Gasteiger partial charge in [0.2, 0.25) is 0 Å². The fourth-order valence-corrected chi connectivity index (χ4v) is 5.25. The van der Waals surface area contributed by atoms with Gasteiger partial charge in [-0.15, -0.1) is 0 Å². The van der Waals surface area contributed by atoms with Crippen LogP contribution in [-0.2, 0) is 6.18 Å². The van der Waals surface area contributed by atoms with Crippen LogP contribution in [0.3, 0.4) is 0 Å². The molecular weight excluding hydrogens is 505 g/mol. The van der Waals surface area contributed by atoms with Crippen molar-refractivity contribution >= 4 is 22.5 Å². The number of halogens is 3. The van der Waals surface area contributed by atoms with Crippen molar-refractivity contribution in [3.63, 3.8) is 0 Å². The molecule has 2 atom stereocenters. The lowest BCUT2D eigenvalue weighted by molar-refractivity contribution is -0.137. The highest BCUT2D eigenvalue weighted by Gasteiger charge is 2.34. The van der Waals surface area contributed by atoms with Crippen molar-refractivity contribution in [1.82, 2.24) is 20.6 Å². The number of alkyl halides is 3. The topological polar surface area (TPSA) is 93.9 Å². The molecule has 0 bridgehead atoms. The second-order valence-electron chi connectivity index (χ2n) is 10.6. The first-order valence-corrected chi connectivity index (χ1v) is 13.3. The van der Waals surface area contributed by atoms with Crippen LogP contribution in [0.1, 0.15) is 83.5 Å². The monoisotopic (exact) mass is 536 g/mol. The zero-order valence-corrected chi connectivity index (χ0v) is 22.2. The Bertz CT molecular complexity index is 1460. The average molecular weight is 537 g/mol. The molecule has 0 unspecified atom stereocenters. The number of aryl methyl sites for hydroxylation is 1. The van der Waals surface area contributed by atoms with E-state index >= 15 is 0 Å². The van der Waals surface area contributed by atoms with Crippen LogP contribution in [0.5, 0.6) is 0 Å². The molecule has 3 heterocycles. The van der Waals surface area contributed by atoms with E-state index in [1.807, 2.05) is 13.0 Å². The van der Waals surface area contributed by atoms with Gasteiger partial charge in [-0.1, -0.05) is 6.07 Å². The largest absolute Gasteiger partial charge is 0.417 e. The molecule has 1 amide bonds. The normalized spacial score (nSPS) is 18.9. The molecule has 0 radical (unpaired) electrons. The van der Waals surface area contributed by atoms with Crippen molar-refractivity contribution in [3.05, 3.63) is 64.1 Å². The van der Waals surface area contributed by atoms with E-state index in [9.17, 15) is 23.2 Å². The Morgan fingerprint density at radius 1 is 1.23 bits per heavy atom. The number of pyridine rings is 2. The number of nitrogens with one attached hydrogen (secondary N) is 2. The third kappa shape index (κ3) is 5.55. The van der Waals surface area contributed by atoms with Gasteiger partial charge < -0.3 is 15.5 Å². The lowest BCUT2D eigenvalue weighted by Gasteiger charge is -2.27. The number of rotatable bonds is 5. The van der Waals surface area contributed by atoms with Crippen molar-refractivity contribution < 1.29 is 18.0 Å². The molecule has 1 saturated heterocycles. The van der Waals surface area contributed by atoms with E-state index in [2.05, 4.69) is 22.5 Å². The Balaban J connectivity index is 1.54. The van der Waals surface area contributed by atoms with Crippen molar-refractivity contribution in [3.8, 4) is 6.07 Å². The second-order valence-corrected chi connectivity index (χ2v) is 10.6. The summed E-state index contributed by atoms with van der Waals surface area (Å²) >= 11 is 0.